The Kier molecular flexibility index (Phi) is 2.11. The van der Waals surface area contributed by atoms with Crippen molar-refractivity contribution < 1.29 is 9.50 Å². The summed E-state index contributed by atoms with van der Waals surface area (Å²) < 4.78 is 13.0. The Hall–Kier alpha value is -1.08. The fourth-order valence-electron chi connectivity index (χ4n) is 0.627. The number of hydrogen-bond donors (Lipinski definition) is 1. The van der Waals surface area contributed by atoms with Crippen molar-refractivity contribution in [3.8, 4) is 11.8 Å². The van der Waals surface area contributed by atoms with E-state index in [-0.39, 0.29) is 10.0 Å². The Bertz CT molecular complexity index is 332. The molecule has 4 heteroatoms. The molecule has 0 saturated heterocycles. The Morgan fingerprint density at radius 1 is 1.55 bits per heavy atom. The number of halogens is 2. The summed E-state index contributed by atoms with van der Waals surface area (Å²) in [5, 5.41) is 17.3. The molecule has 0 amide bonds. The zero-order valence-electron chi connectivity index (χ0n) is 5.31. The van der Waals surface area contributed by atoms with Crippen LogP contribution < -0.4 is 0 Å². The highest BCUT2D eigenvalue weighted by molar-refractivity contribution is 9.10. The van der Waals surface area contributed by atoms with E-state index in [0.29, 0.717) is 0 Å². The molecule has 0 bridgehead atoms. The third-order valence-electron chi connectivity index (χ3n) is 1.19. The Labute approximate surface area is 71.0 Å². The predicted octanol–water partition coefficient (Wildman–Crippen LogP) is 2.17. The van der Waals surface area contributed by atoms with Gasteiger partial charge in [0.05, 0.1) is 10.0 Å². The van der Waals surface area contributed by atoms with Gasteiger partial charge in [0.15, 0.2) is 11.6 Å². The first kappa shape index (κ1) is 8.02. The monoisotopic (exact) mass is 215 g/mol. The number of nitrogens with zero attached hydrogens (tertiary/aromatic N) is 1. The topological polar surface area (TPSA) is 44.0 Å². The second-order valence-electron chi connectivity index (χ2n) is 1.87. The highest BCUT2D eigenvalue weighted by atomic mass is 79.9. The van der Waals surface area contributed by atoms with Crippen LogP contribution in [0.15, 0.2) is 16.6 Å². The summed E-state index contributed by atoms with van der Waals surface area (Å²) in [4.78, 5) is 0. The first-order chi connectivity index (χ1) is 5.16. The van der Waals surface area contributed by atoms with Gasteiger partial charge in [-0.15, -0.1) is 0 Å². The van der Waals surface area contributed by atoms with Crippen molar-refractivity contribution >= 4 is 15.9 Å². The zero-order chi connectivity index (χ0) is 8.43. The van der Waals surface area contributed by atoms with Crippen LogP contribution in [0.25, 0.3) is 0 Å². The molecule has 56 valence electrons. The molecule has 0 aliphatic heterocycles. The summed E-state index contributed by atoms with van der Waals surface area (Å²) in [6, 6.07) is 4.31. The summed E-state index contributed by atoms with van der Waals surface area (Å²) in [7, 11) is 0. The van der Waals surface area contributed by atoms with E-state index >= 15 is 0 Å². The van der Waals surface area contributed by atoms with Crippen molar-refractivity contribution in [2.75, 3.05) is 0 Å². The molecule has 1 aromatic rings. The van der Waals surface area contributed by atoms with Gasteiger partial charge in [-0.3, -0.25) is 0 Å². The maximum atomic E-state index is 12.8. The van der Waals surface area contributed by atoms with Gasteiger partial charge in [-0.05, 0) is 28.1 Å². The van der Waals surface area contributed by atoms with E-state index < -0.39 is 11.6 Å². The first-order valence-electron chi connectivity index (χ1n) is 2.74. The lowest BCUT2D eigenvalue weighted by Crippen LogP contribution is -1.84. The van der Waals surface area contributed by atoms with Crippen molar-refractivity contribution in [1.29, 1.82) is 5.26 Å². The number of hydrogen-bond acceptors (Lipinski definition) is 2. The van der Waals surface area contributed by atoms with Crippen LogP contribution in [0.4, 0.5) is 4.39 Å². The Balaban J connectivity index is 3.40. The lowest BCUT2D eigenvalue weighted by Gasteiger charge is -1.98. The van der Waals surface area contributed by atoms with E-state index in [0.717, 1.165) is 0 Å². The minimum atomic E-state index is -0.887. The van der Waals surface area contributed by atoms with E-state index in [1.807, 2.05) is 0 Å². The average Bonchev–Trinajstić information content (AvgIpc) is 2.01. The quantitative estimate of drug-likeness (QED) is 0.722. The zero-order valence-corrected chi connectivity index (χ0v) is 6.89. The molecule has 0 aromatic heterocycles. The molecular formula is C7H3BrFNO. The summed E-state index contributed by atoms with van der Waals surface area (Å²) >= 11 is 2.91. The van der Waals surface area contributed by atoms with Crippen LogP contribution in [0.1, 0.15) is 5.56 Å². The van der Waals surface area contributed by atoms with Crippen molar-refractivity contribution in [3.05, 3.63) is 28.0 Å². The molecule has 0 aliphatic carbocycles. The standard InChI is InChI=1S/C7H3BrFNO/c8-5-2-1-4(3-10)6(9)7(5)11/h1-2,11H. The second kappa shape index (κ2) is 2.89. The largest absolute Gasteiger partial charge is 0.504 e. The molecule has 0 aliphatic rings. The van der Waals surface area contributed by atoms with Crippen molar-refractivity contribution in [1.82, 2.24) is 0 Å². The summed E-state index contributed by atoms with van der Waals surface area (Å²) in [5.41, 5.74) is -0.161. The third-order valence-corrected chi connectivity index (χ3v) is 1.83. The molecule has 2 nitrogen and oxygen atoms in total. The SMILES string of the molecule is N#Cc1ccc(Br)c(O)c1F. The number of rotatable bonds is 0. The predicted molar refractivity (Wildman–Crippen MR) is 40.5 cm³/mol. The molecule has 1 rings (SSSR count). The van der Waals surface area contributed by atoms with Gasteiger partial charge < -0.3 is 5.11 Å². The van der Waals surface area contributed by atoms with Crippen LogP contribution in [-0.4, -0.2) is 5.11 Å². The van der Waals surface area contributed by atoms with E-state index in [1.165, 1.54) is 12.1 Å². The number of benzene rings is 1. The molecule has 11 heavy (non-hydrogen) atoms. The summed E-state index contributed by atoms with van der Waals surface area (Å²) in [6.07, 6.45) is 0. The van der Waals surface area contributed by atoms with E-state index in [1.54, 1.807) is 6.07 Å². The maximum absolute atomic E-state index is 12.8. The van der Waals surface area contributed by atoms with Crippen LogP contribution in [0.2, 0.25) is 0 Å². The molecule has 0 atom stereocenters. The van der Waals surface area contributed by atoms with Crippen LogP contribution in [-0.2, 0) is 0 Å². The van der Waals surface area contributed by atoms with E-state index in [9.17, 15) is 4.39 Å². The molecule has 0 unspecified atom stereocenters. The summed E-state index contributed by atoms with van der Waals surface area (Å²) in [5.74, 6) is -1.41. The van der Waals surface area contributed by atoms with Crippen LogP contribution in [0.5, 0.6) is 5.75 Å². The van der Waals surface area contributed by atoms with Gasteiger partial charge >= 0.3 is 0 Å². The van der Waals surface area contributed by atoms with Gasteiger partial charge in [0.2, 0.25) is 0 Å². The molecule has 1 N–H and O–H groups in total. The molecule has 0 radical (unpaired) electrons. The van der Waals surface area contributed by atoms with Crippen molar-refractivity contribution in [2.24, 2.45) is 0 Å². The molecule has 1 aromatic carbocycles. The van der Waals surface area contributed by atoms with Gasteiger partial charge in [-0.25, -0.2) is 4.39 Å². The minimum absolute atomic E-state index is 0.161. The first-order valence-corrected chi connectivity index (χ1v) is 3.53. The van der Waals surface area contributed by atoms with Gasteiger partial charge in [-0.1, -0.05) is 0 Å². The van der Waals surface area contributed by atoms with Crippen molar-refractivity contribution in [2.45, 2.75) is 0 Å². The van der Waals surface area contributed by atoms with E-state index in [2.05, 4.69) is 15.9 Å². The van der Waals surface area contributed by atoms with E-state index in [4.69, 9.17) is 10.4 Å². The average molecular weight is 216 g/mol. The molecule has 0 fully saturated rings. The number of aromatic hydroxyl groups is 1. The maximum Gasteiger partial charge on any atom is 0.183 e. The highest BCUT2D eigenvalue weighted by Crippen LogP contribution is 2.28. The van der Waals surface area contributed by atoms with Gasteiger partial charge in [0, 0.05) is 0 Å². The number of phenolic OH excluding ortho intramolecular Hbond substituents is 1. The second-order valence-corrected chi connectivity index (χ2v) is 2.72. The highest BCUT2D eigenvalue weighted by Gasteiger charge is 2.09. The fraction of sp³-hybridized carbons (Fsp3) is 0. The van der Waals surface area contributed by atoms with Crippen LogP contribution >= 0.6 is 15.9 Å². The van der Waals surface area contributed by atoms with Crippen LogP contribution in [0.3, 0.4) is 0 Å². The van der Waals surface area contributed by atoms with Crippen molar-refractivity contribution in [3.63, 3.8) is 0 Å². The molecular weight excluding hydrogens is 213 g/mol. The Morgan fingerprint density at radius 3 is 2.73 bits per heavy atom. The Morgan fingerprint density at radius 2 is 2.18 bits per heavy atom. The number of phenols is 1. The smallest absolute Gasteiger partial charge is 0.183 e. The lowest BCUT2D eigenvalue weighted by molar-refractivity contribution is 0.428. The third kappa shape index (κ3) is 1.33. The van der Waals surface area contributed by atoms with Gasteiger partial charge in [0.1, 0.15) is 6.07 Å². The summed E-state index contributed by atoms with van der Waals surface area (Å²) in [6.45, 7) is 0. The molecule has 0 spiro atoms. The number of nitriles is 1. The molecule has 0 heterocycles. The minimum Gasteiger partial charge on any atom is -0.504 e. The normalized spacial score (nSPS) is 9.18. The van der Waals surface area contributed by atoms with Crippen LogP contribution in [0, 0.1) is 17.1 Å². The molecule has 0 saturated carbocycles. The lowest BCUT2D eigenvalue weighted by atomic mass is 10.2. The fourth-order valence-corrected chi connectivity index (χ4v) is 0.934. The van der Waals surface area contributed by atoms with Gasteiger partial charge in [0.25, 0.3) is 0 Å². The van der Waals surface area contributed by atoms with Gasteiger partial charge in [-0.2, -0.15) is 5.26 Å².